The molecule has 8 heteroatoms. The first-order valence-corrected chi connectivity index (χ1v) is 8.44. The Bertz CT molecular complexity index is 580. The predicted octanol–water partition coefficient (Wildman–Crippen LogP) is 0.181. The summed E-state index contributed by atoms with van der Waals surface area (Å²) >= 11 is 0. The molecule has 0 aliphatic carbocycles. The monoisotopic (exact) mass is 316 g/mol. The summed E-state index contributed by atoms with van der Waals surface area (Å²) in [5.41, 5.74) is 5.90. The highest BCUT2D eigenvalue weighted by molar-refractivity contribution is 7.89. The number of amides is 1. The van der Waals surface area contributed by atoms with Crippen molar-refractivity contribution in [3.8, 4) is 0 Å². The van der Waals surface area contributed by atoms with Crippen LogP contribution in [0.1, 0.15) is 36.7 Å². The van der Waals surface area contributed by atoms with E-state index in [9.17, 15) is 13.2 Å². The van der Waals surface area contributed by atoms with Crippen molar-refractivity contribution in [2.45, 2.75) is 37.1 Å². The molecular formula is C13H24N4O3S. The van der Waals surface area contributed by atoms with Gasteiger partial charge < -0.3 is 15.6 Å². The van der Waals surface area contributed by atoms with Crippen LogP contribution >= 0.6 is 0 Å². The molecule has 0 spiro atoms. The lowest BCUT2D eigenvalue weighted by Crippen LogP contribution is -2.40. The van der Waals surface area contributed by atoms with Crippen LogP contribution in [0, 0.1) is 0 Å². The molecule has 0 saturated carbocycles. The molecule has 0 aliphatic heterocycles. The largest absolute Gasteiger partial charge is 0.354 e. The molecule has 4 N–H and O–H groups in total. The maximum absolute atomic E-state index is 12.3. The van der Waals surface area contributed by atoms with E-state index < -0.39 is 10.0 Å². The first-order chi connectivity index (χ1) is 9.85. The normalized spacial score (nSPS) is 13.1. The van der Waals surface area contributed by atoms with E-state index in [1.165, 1.54) is 23.9 Å². The maximum atomic E-state index is 12.3. The number of carbonyl (C=O) groups excluding carboxylic acids is 1. The first-order valence-electron chi connectivity index (χ1n) is 6.96. The first kappa shape index (κ1) is 17.7. The van der Waals surface area contributed by atoms with Gasteiger partial charge in [0.1, 0.15) is 10.6 Å². The number of aromatic nitrogens is 1. The third kappa shape index (κ3) is 4.55. The number of aryl methyl sites for hydroxylation is 1. The summed E-state index contributed by atoms with van der Waals surface area (Å²) < 4.78 is 28.7. The summed E-state index contributed by atoms with van der Waals surface area (Å²) in [7, 11) is -0.553. The lowest BCUT2D eigenvalue weighted by molar-refractivity contribution is 0.0955. The zero-order valence-corrected chi connectivity index (χ0v) is 13.5. The lowest BCUT2D eigenvalue weighted by atomic mass is 10.1. The number of nitrogens with zero attached hydrogens (tertiary/aromatic N) is 1. The van der Waals surface area contributed by atoms with Crippen LogP contribution in [0.2, 0.25) is 0 Å². The van der Waals surface area contributed by atoms with Gasteiger partial charge in [0.05, 0.1) is 0 Å². The molecule has 1 aromatic heterocycles. The van der Waals surface area contributed by atoms with E-state index in [4.69, 9.17) is 5.73 Å². The minimum Gasteiger partial charge on any atom is -0.354 e. The highest BCUT2D eigenvalue weighted by atomic mass is 32.2. The second-order valence-corrected chi connectivity index (χ2v) is 6.66. The molecule has 0 bridgehead atoms. The highest BCUT2D eigenvalue weighted by Crippen LogP contribution is 2.14. The molecule has 1 atom stereocenters. The summed E-state index contributed by atoms with van der Waals surface area (Å²) in [6.45, 7) is 2.28. The van der Waals surface area contributed by atoms with Crippen LogP contribution in [0.5, 0.6) is 0 Å². The Labute approximate surface area is 125 Å². The SMILES string of the molecule is CCCCC(CN)NS(=O)(=O)c1cc(C(=O)NC)n(C)c1. The Balaban J connectivity index is 2.95. The molecule has 1 amide bonds. The van der Waals surface area contributed by atoms with E-state index in [2.05, 4.69) is 10.0 Å². The Kier molecular flexibility index (Phi) is 6.38. The van der Waals surface area contributed by atoms with Crippen molar-refractivity contribution < 1.29 is 13.2 Å². The van der Waals surface area contributed by atoms with Crippen LogP contribution in [0.15, 0.2) is 17.2 Å². The summed E-state index contributed by atoms with van der Waals surface area (Å²) in [4.78, 5) is 11.7. The second-order valence-electron chi connectivity index (χ2n) is 4.95. The zero-order chi connectivity index (χ0) is 16.0. The van der Waals surface area contributed by atoms with Crippen LogP contribution in [0.4, 0.5) is 0 Å². The second kappa shape index (κ2) is 7.58. The van der Waals surface area contributed by atoms with E-state index in [-0.39, 0.29) is 29.1 Å². The molecular weight excluding hydrogens is 292 g/mol. The molecule has 1 heterocycles. The van der Waals surface area contributed by atoms with E-state index in [0.717, 1.165) is 12.8 Å². The number of sulfonamides is 1. The van der Waals surface area contributed by atoms with Gasteiger partial charge in [0, 0.05) is 32.9 Å². The number of rotatable bonds is 8. The summed E-state index contributed by atoms with van der Waals surface area (Å²) in [6, 6.07) is 1.06. The third-order valence-corrected chi connectivity index (χ3v) is 4.75. The van der Waals surface area contributed by atoms with Crippen LogP contribution in [-0.4, -0.2) is 38.5 Å². The Morgan fingerprint density at radius 2 is 2.14 bits per heavy atom. The number of unbranched alkanes of at least 4 members (excludes halogenated alkanes) is 1. The predicted molar refractivity (Wildman–Crippen MR) is 81.5 cm³/mol. The quantitative estimate of drug-likeness (QED) is 0.636. The van der Waals surface area contributed by atoms with Crippen molar-refractivity contribution in [3.05, 3.63) is 18.0 Å². The van der Waals surface area contributed by atoms with Crippen LogP contribution in [-0.2, 0) is 17.1 Å². The number of hydrogen-bond acceptors (Lipinski definition) is 4. The average Bonchev–Trinajstić information content (AvgIpc) is 2.85. The van der Waals surface area contributed by atoms with Crippen molar-refractivity contribution in [2.24, 2.45) is 12.8 Å². The molecule has 1 rings (SSSR count). The standard InChI is InChI=1S/C13H24N4O3S/c1-4-5-6-10(8-14)16-21(19,20)11-7-12(13(18)15-2)17(3)9-11/h7,9-10,16H,4-6,8,14H2,1-3H3,(H,15,18). The average molecular weight is 316 g/mol. The fourth-order valence-electron chi connectivity index (χ4n) is 2.00. The Hall–Kier alpha value is -1.38. The summed E-state index contributed by atoms with van der Waals surface area (Å²) in [5, 5.41) is 2.47. The van der Waals surface area contributed by atoms with E-state index >= 15 is 0 Å². The van der Waals surface area contributed by atoms with Crippen LogP contribution in [0.25, 0.3) is 0 Å². The highest BCUT2D eigenvalue weighted by Gasteiger charge is 2.22. The lowest BCUT2D eigenvalue weighted by Gasteiger charge is -2.15. The van der Waals surface area contributed by atoms with Gasteiger partial charge in [-0.2, -0.15) is 0 Å². The van der Waals surface area contributed by atoms with Gasteiger partial charge in [-0.05, 0) is 12.5 Å². The smallest absolute Gasteiger partial charge is 0.267 e. The number of nitrogens with one attached hydrogen (secondary N) is 2. The van der Waals surface area contributed by atoms with Crippen molar-refractivity contribution in [1.82, 2.24) is 14.6 Å². The molecule has 7 nitrogen and oxygen atoms in total. The van der Waals surface area contributed by atoms with Gasteiger partial charge >= 0.3 is 0 Å². The molecule has 0 aliphatic rings. The molecule has 120 valence electrons. The number of hydrogen-bond donors (Lipinski definition) is 3. The minimum atomic E-state index is -3.68. The molecule has 0 saturated heterocycles. The van der Waals surface area contributed by atoms with Gasteiger partial charge in [0.2, 0.25) is 10.0 Å². The number of nitrogens with two attached hydrogens (primary N) is 1. The number of carbonyl (C=O) groups is 1. The van der Waals surface area contributed by atoms with E-state index in [0.29, 0.717) is 6.42 Å². The topological polar surface area (TPSA) is 106 Å². The van der Waals surface area contributed by atoms with Gasteiger partial charge in [0.15, 0.2) is 0 Å². The van der Waals surface area contributed by atoms with E-state index in [1.54, 1.807) is 7.05 Å². The molecule has 21 heavy (non-hydrogen) atoms. The maximum Gasteiger partial charge on any atom is 0.267 e. The van der Waals surface area contributed by atoms with Gasteiger partial charge in [-0.1, -0.05) is 19.8 Å². The molecule has 1 unspecified atom stereocenters. The van der Waals surface area contributed by atoms with Gasteiger partial charge in [-0.15, -0.1) is 0 Å². The van der Waals surface area contributed by atoms with Gasteiger partial charge in [-0.25, -0.2) is 13.1 Å². The molecule has 0 fully saturated rings. The van der Waals surface area contributed by atoms with Crippen LogP contribution in [0.3, 0.4) is 0 Å². The van der Waals surface area contributed by atoms with Crippen LogP contribution < -0.4 is 15.8 Å². The fourth-order valence-corrected chi connectivity index (χ4v) is 3.35. The minimum absolute atomic E-state index is 0.0681. The molecule has 0 radical (unpaired) electrons. The van der Waals surface area contributed by atoms with Crippen molar-refractivity contribution in [2.75, 3.05) is 13.6 Å². The Morgan fingerprint density at radius 1 is 1.48 bits per heavy atom. The zero-order valence-electron chi connectivity index (χ0n) is 12.7. The van der Waals surface area contributed by atoms with Crippen molar-refractivity contribution in [3.63, 3.8) is 0 Å². The summed E-state index contributed by atoms with van der Waals surface area (Å²) in [5.74, 6) is -0.333. The van der Waals surface area contributed by atoms with Gasteiger partial charge in [0.25, 0.3) is 5.91 Å². The van der Waals surface area contributed by atoms with Gasteiger partial charge in [-0.3, -0.25) is 4.79 Å². The summed E-state index contributed by atoms with van der Waals surface area (Å²) in [6.07, 6.45) is 3.99. The third-order valence-electron chi connectivity index (χ3n) is 3.26. The van der Waals surface area contributed by atoms with E-state index in [1.807, 2.05) is 6.92 Å². The fraction of sp³-hybridized carbons (Fsp3) is 0.615. The molecule has 0 aromatic carbocycles. The molecule has 1 aromatic rings. The Morgan fingerprint density at radius 3 is 2.67 bits per heavy atom. The van der Waals surface area contributed by atoms with Crippen molar-refractivity contribution >= 4 is 15.9 Å². The van der Waals surface area contributed by atoms with Crippen molar-refractivity contribution in [1.29, 1.82) is 0 Å².